The molecule has 3 rings (SSSR count). The van der Waals surface area contributed by atoms with Gasteiger partial charge in [-0.3, -0.25) is 9.58 Å². The highest BCUT2D eigenvalue weighted by Gasteiger charge is 2.23. The summed E-state index contributed by atoms with van der Waals surface area (Å²) in [6, 6.07) is 5.05. The van der Waals surface area contributed by atoms with Gasteiger partial charge >= 0.3 is 0 Å². The molecule has 2 aliphatic rings. The molecule has 5 heteroatoms. The molecule has 1 saturated carbocycles. The Hall–Kier alpha value is -1.38. The number of piperazine rings is 1. The van der Waals surface area contributed by atoms with Crippen LogP contribution in [-0.4, -0.2) is 40.4 Å². The summed E-state index contributed by atoms with van der Waals surface area (Å²) in [6.45, 7) is 3.44. The molecule has 1 aromatic rings. The van der Waals surface area contributed by atoms with Gasteiger partial charge in [0, 0.05) is 32.4 Å². The Morgan fingerprint density at radius 1 is 1.42 bits per heavy atom. The van der Waals surface area contributed by atoms with Crippen LogP contribution in [0, 0.1) is 11.3 Å². The van der Waals surface area contributed by atoms with Gasteiger partial charge in [0.25, 0.3) is 0 Å². The van der Waals surface area contributed by atoms with E-state index >= 15 is 0 Å². The number of nitrogens with one attached hydrogen (secondary N) is 1. The predicted molar refractivity (Wildman–Crippen MR) is 72.4 cm³/mol. The molecule has 1 aliphatic carbocycles. The SMILES string of the molecule is N#CC1CNCCN1Cc1ccn(C2CCCC2)n1. The van der Waals surface area contributed by atoms with Crippen molar-refractivity contribution in [3.63, 3.8) is 0 Å². The van der Waals surface area contributed by atoms with Gasteiger partial charge in [0.15, 0.2) is 0 Å². The zero-order valence-electron chi connectivity index (χ0n) is 11.3. The standard InChI is InChI=1S/C14H21N5/c15-9-14-10-16-6-8-18(14)11-12-5-7-19(17-12)13-3-1-2-4-13/h5,7,13-14,16H,1-4,6,8,10-11H2. The van der Waals surface area contributed by atoms with Crippen LogP contribution in [0.5, 0.6) is 0 Å². The largest absolute Gasteiger partial charge is 0.313 e. The zero-order chi connectivity index (χ0) is 13.1. The molecule has 1 aliphatic heterocycles. The van der Waals surface area contributed by atoms with Gasteiger partial charge in [0.2, 0.25) is 0 Å². The maximum absolute atomic E-state index is 9.16. The number of aromatic nitrogens is 2. The molecule has 1 aromatic heterocycles. The summed E-state index contributed by atoms with van der Waals surface area (Å²) in [7, 11) is 0. The van der Waals surface area contributed by atoms with E-state index in [1.807, 2.05) is 0 Å². The second kappa shape index (κ2) is 5.72. The average molecular weight is 259 g/mol. The molecule has 2 heterocycles. The fraction of sp³-hybridized carbons (Fsp3) is 0.714. The Morgan fingerprint density at radius 2 is 2.26 bits per heavy atom. The van der Waals surface area contributed by atoms with Crippen molar-refractivity contribution in [2.24, 2.45) is 0 Å². The molecule has 1 N–H and O–H groups in total. The summed E-state index contributed by atoms with van der Waals surface area (Å²) in [6.07, 6.45) is 7.28. The summed E-state index contributed by atoms with van der Waals surface area (Å²) < 4.78 is 2.13. The number of nitriles is 1. The molecule has 1 saturated heterocycles. The van der Waals surface area contributed by atoms with Crippen LogP contribution in [0.2, 0.25) is 0 Å². The fourth-order valence-corrected chi connectivity index (χ4v) is 3.10. The van der Waals surface area contributed by atoms with Gasteiger partial charge in [0.05, 0.1) is 17.8 Å². The van der Waals surface area contributed by atoms with Crippen molar-refractivity contribution >= 4 is 0 Å². The summed E-state index contributed by atoms with van der Waals surface area (Å²) in [5.41, 5.74) is 1.09. The van der Waals surface area contributed by atoms with Gasteiger partial charge in [-0.1, -0.05) is 12.8 Å². The van der Waals surface area contributed by atoms with Crippen molar-refractivity contribution in [3.05, 3.63) is 18.0 Å². The molecule has 0 bridgehead atoms. The monoisotopic (exact) mass is 259 g/mol. The maximum atomic E-state index is 9.16. The quantitative estimate of drug-likeness (QED) is 0.889. The van der Waals surface area contributed by atoms with Gasteiger partial charge in [-0.2, -0.15) is 10.4 Å². The van der Waals surface area contributed by atoms with E-state index in [4.69, 9.17) is 10.4 Å². The van der Waals surface area contributed by atoms with E-state index in [1.54, 1.807) is 0 Å². The lowest BCUT2D eigenvalue weighted by Crippen LogP contribution is -2.50. The lowest BCUT2D eigenvalue weighted by atomic mass is 10.2. The fourth-order valence-electron chi connectivity index (χ4n) is 3.10. The van der Waals surface area contributed by atoms with Gasteiger partial charge in [0.1, 0.15) is 6.04 Å². The van der Waals surface area contributed by atoms with Crippen molar-refractivity contribution in [3.8, 4) is 6.07 Å². The number of rotatable bonds is 3. The molecule has 0 aromatic carbocycles. The Labute approximate surface area is 114 Å². The Morgan fingerprint density at radius 3 is 3.05 bits per heavy atom. The summed E-state index contributed by atoms with van der Waals surface area (Å²) in [5, 5.41) is 17.1. The molecule has 5 nitrogen and oxygen atoms in total. The smallest absolute Gasteiger partial charge is 0.111 e. The van der Waals surface area contributed by atoms with E-state index < -0.39 is 0 Å². The van der Waals surface area contributed by atoms with Crippen molar-refractivity contribution < 1.29 is 0 Å². The zero-order valence-corrected chi connectivity index (χ0v) is 11.3. The molecular weight excluding hydrogens is 238 g/mol. The maximum Gasteiger partial charge on any atom is 0.111 e. The summed E-state index contributed by atoms with van der Waals surface area (Å²) >= 11 is 0. The first-order chi connectivity index (χ1) is 9.36. The summed E-state index contributed by atoms with van der Waals surface area (Å²) in [4.78, 5) is 2.22. The third-order valence-electron chi connectivity index (χ3n) is 4.23. The minimum atomic E-state index is -0.0228. The molecular formula is C14H21N5. The van der Waals surface area contributed by atoms with Gasteiger partial charge < -0.3 is 5.32 Å². The molecule has 0 spiro atoms. The van der Waals surface area contributed by atoms with Crippen molar-refractivity contribution in [1.29, 1.82) is 5.26 Å². The lowest BCUT2D eigenvalue weighted by Gasteiger charge is -2.31. The van der Waals surface area contributed by atoms with E-state index in [0.717, 1.165) is 31.9 Å². The molecule has 19 heavy (non-hydrogen) atoms. The Bertz CT molecular complexity index is 455. The first kappa shape index (κ1) is 12.6. The van der Waals surface area contributed by atoms with Crippen LogP contribution in [0.15, 0.2) is 12.3 Å². The minimum Gasteiger partial charge on any atom is -0.313 e. The van der Waals surface area contributed by atoms with Crippen LogP contribution in [0.1, 0.15) is 37.4 Å². The van der Waals surface area contributed by atoms with Gasteiger partial charge in [-0.25, -0.2) is 0 Å². The highest BCUT2D eigenvalue weighted by atomic mass is 15.3. The van der Waals surface area contributed by atoms with Crippen molar-refractivity contribution in [1.82, 2.24) is 20.0 Å². The van der Waals surface area contributed by atoms with E-state index in [-0.39, 0.29) is 6.04 Å². The second-order valence-electron chi connectivity index (χ2n) is 5.54. The predicted octanol–water partition coefficient (Wildman–Crippen LogP) is 1.30. The first-order valence-corrected chi connectivity index (χ1v) is 7.25. The van der Waals surface area contributed by atoms with Crippen molar-refractivity contribution in [2.75, 3.05) is 19.6 Å². The highest BCUT2D eigenvalue weighted by Crippen LogP contribution is 2.28. The van der Waals surface area contributed by atoms with Crippen molar-refractivity contribution in [2.45, 2.75) is 44.3 Å². The van der Waals surface area contributed by atoms with Crippen LogP contribution in [-0.2, 0) is 6.54 Å². The number of nitrogens with zero attached hydrogens (tertiary/aromatic N) is 4. The molecule has 2 fully saturated rings. The Kier molecular flexibility index (Phi) is 3.81. The third-order valence-corrected chi connectivity index (χ3v) is 4.23. The average Bonchev–Trinajstić information content (AvgIpc) is 3.09. The topological polar surface area (TPSA) is 56.9 Å². The van der Waals surface area contributed by atoms with E-state index in [0.29, 0.717) is 6.04 Å². The molecule has 0 amide bonds. The first-order valence-electron chi connectivity index (χ1n) is 7.25. The lowest BCUT2D eigenvalue weighted by molar-refractivity contribution is 0.186. The van der Waals surface area contributed by atoms with Crippen LogP contribution in [0.3, 0.4) is 0 Å². The van der Waals surface area contributed by atoms with Crippen LogP contribution < -0.4 is 5.32 Å². The van der Waals surface area contributed by atoms with Crippen LogP contribution >= 0.6 is 0 Å². The highest BCUT2D eigenvalue weighted by molar-refractivity contribution is 5.04. The number of hydrogen-bond acceptors (Lipinski definition) is 4. The van der Waals surface area contributed by atoms with Gasteiger partial charge in [-0.15, -0.1) is 0 Å². The Balaban J connectivity index is 1.64. The summed E-state index contributed by atoms with van der Waals surface area (Å²) in [5.74, 6) is 0. The van der Waals surface area contributed by atoms with Crippen LogP contribution in [0.4, 0.5) is 0 Å². The minimum absolute atomic E-state index is 0.0228. The molecule has 0 radical (unpaired) electrons. The molecule has 1 atom stereocenters. The van der Waals surface area contributed by atoms with E-state index in [9.17, 15) is 0 Å². The van der Waals surface area contributed by atoms with E-state index in [2.05, 4.69) is 33.2 Å². The number of hydrogen-bond donors (Lipinski definition) is 1. The van der Waals surface area contributed by atoms with Gasteiger partial charge in [-0.05, 0) is 18.9 Å². The third kappa shape index (κ3) is 2.80. The van der Waals surface area contributed by atoms with E-state index in [1.165, 1.54) is 25.7 Å². The molecule has 102 valence electrons. The molecule has 1 unspecified atom stereocenters. The van der Waals surface area contributed by atoms with Crippen LogP contribution in [0.25, 0.3) is 0 Å². The normalized spacial score (nSPS) is 25.5. The second-order valence-corrected chi connectivity index (χ2v) is 5.54.